The Labute approximate surface area is 174 Å². The summed E-state index contributed by atoms with van der Waals surface area (Å²) in [7, 11) is 1.63. The lowest BCUT2D eigenvalue weighted by molar-refractivity contribution is -0.128. The molecule has 1 saturated heterocycles. The zero-order valence-electron chi connectivity index (χ0n) is 16.4. The van der Waals surface area contributed by atoms with Crippen LogP contribution in [-0.2, 0) is 9.53 Å². The van der Waals surface area contributed by atoms with Gasteiger partial charge in [-0.1, -0.05) is 24.3 Å². The van der Waals surface area contributed by atoms with Crippen LogP contribution >= 0.6 is 11.3 Å². The third kappa shape index (κ3) is 4.33. The molecule has 1 fully saturated rings. The van der Waals surface area contributed by atoms with E-state index in [2.05, 4.69) is 28.2 Å². The van der Waals surface area contributed by atoms with Crippen molar-refractivity contribution in [2.75, 3.05) is 33.4 Å². The monoisotopic (exact) mass is 408 g/mol. The zero-order valence-corrected chi connectivity index (χ0v) is 17.2. The van der Waals surface area contributed by atoms with Gasteiger partial charge in [0.05, 0.1) is 6.61 Å². The maximum absolute atomic E-state index is 12.7. The fraction of sp³-hybridized carbons (Fsp3) is 0.304. The molecule has 1 unspecified atom stereocenters. The Hall–Kier alpha value is -2.70. The van der Waals surface area contributed by atoms with Crippen LogP contribution in [-0.4, -0.2) is 50.1 Å². The number of carbonyl (C=O) groups is 2. The zero-order chi connectivity index (χ0) is 20.2. The van der Waals surface area contributed by atoms with Gasteiger partial charge in [0, 0.05) is 44.6 Å². The molecule has 4 rings (SSSR count). The topological polar surface area (TPSA) is 58.6 Å². The van der Waals surface area contributed by atoms with Crippen molar-refractivity contribution in [3.8, 4) is 11.1 Å². The molecule has 1 aliphatic rings. The minimum atomic E-state index is -0.101. The largest absolute Gasteiger partial charge is 0.383 e. The Morgan fingerprint density at radius 3 is 2.97 bits per heavy atom. The van der Waals surface area contributed by atoms with Gasteiger partial charge in [-0.25, -0.2) is 0 Å². The fourth-order valence-electron chi connectivity index (χ4n) is 3.84. The molecular formula is C23H24N2O3S. The molecule has 2 aromatic carbocycles. The molecule has 0 bridgehead atoms. The molecular weight excluding hydrogens is 384 g/mol. The molecule has 29 heavy (non-hydrogen) atoms. The second-order valence-electron chi connectivity index (χ2n) is 7.37. The molecule has 6 heteroatoms. The average molecular weight is 409 g/mol. The Bertz CT molecular complexity index is 1020. The van der Waals surface area contributed by atoms with E-state index in [1.807, 2.05) is 35.2 Å². The van der Waals surface area contributed by atoms with Gasteiger partial charge < -0.3 is 15.0 Å². The number of likely N-dealkylation sites (tertiary alicyclic amines) is 1. The van der Waals surface area contributed by atoms with Crippen LogP contribution in [0.4, 0.5) is 0 Å². The molecule has 0 radical (unpaired) electrons. The van der Waals surface area contributed by atoms with Crippen LogP contribution in [0.2, 0.25) is 0 Å². The Morgan fingerprint density at radius 2 is 2.17 bits per heavy atom. The van der Waals surface area contributed by atoms with Gasteiger partial charge in [-0.05, 0) is 50.9 Å². The summed E-state index contributed by atoms with van der Waals surface area (Å²) in [6.45, 7) is 2.32. The number of fused-ring (bicyclic) bond motifs is 1. The maximum Gasteiger partial charge on any atom is 0.251 e. The molecule has 3 aromatic rings. The molecule has 1 aromatic heterocycles. The summed E-state index contributed by atoms with van der Waals surface area (Å²) in [6, 6.07) is 14.1. The van der Waals surface area contributed by atoms with Crippen molar-refractivity contribution in [3.05, 3.63) is 58.8 Å². The van der Waals surface area contributed by atoms with Gasteiger partial charge in [0.25, 0.3) is 5.91 Å². The number of rotatable bonds is 7. The Kier molecular flexibility index (Phi) is 5.92. The summed E-state index contributed by atoms with van der Waals surface area (Å²) in [5, 5.41) is 9.38. The predicted molar refractivity (Wildman–Crippen MR) is 116 cm³/mol. The highest BCUT2D eigenvalue weighted by Gasteiger charge is 2.29. The van der Waals surface area contributed by atoms with Gasteiger partial charge in [-0.2, -0.15) is 11.3 Å². The molecule has 2 amide bonds. The number of nitrogens with zero attached hydrogens (tertiary/aromatic N) is 1. The van der Waals surface area contributed by atoms with E-state index in [4.69, 9.17) is 4.74 Å². The van der Waals surface area contributed by atoms with Crippen molar-refractivity contribution in [1.29, 1.82) is 0 Å². The normalized spacial score (nSPS) is 16.5. The number of amides is 2. The third-order valence-corrected chi connectivity index (χ3v) is 6.07. The van der Waals surface area contributed by atoms with E-state index in [-0.39, 0.29) is 17.7 Å². The number of hydrogen-bond donors (Lipinski definition) is 1. The quantitative estimate of drug-likeness (QED) is 0.647. The van der Waals surface area contributed by atoms with Crippen molar-refractivity contribution in [2.24, 2.45) is 5.92 Å². The second kappa shape index (κ2) is 8.76. The molecule has 5 nitrogen and oxygen atoms in total. The number of methoxy groups -OCH3 is 1. The highest BCUT2D eigenvalue weighted by atomic mass is 32.1. The standard InChI is InChI=1S/C23H24N2O3S/c1-28-9-8-25-14-16(11-22(25)26)13-24-23(27)18-5-6-21-17(12-18)3-2-4-20(21)19-7-10-29-15-19/h2-7,10,12,15-16H,8-9,11,13-14H2,1H3,(H,24,27). The number of carbonyl (C=O) groups excluding carboxylic acids is 2. The van der Waals surface area contributed by atoms with Crippen LogP contribution in [0.5, 0.6) is 0 Å². The van der Waals surface area contributed by atoms with Gasteiger partial charge in [0.1, 0.15) is 0 Å². The minimum absolute atomic E-state index is 0.101. The van der Waals surface area contributed by atoms with Crippen molar-refractivity contribution in [3.63, 3.8) is 0 Å². The van der Waals surface area contributed by atoms with Crippen LogP contribution in [0.25, 0.3) is 21.9 Å². The smallest absolute Gasteiger partial charge is 0.251 e. The first kappa shape index (κ1) is 19.6. The van der Waals surface area contributed by atoms with Crippen LogP contribution < -0.4 is 5.32 Å². The van der Waals surface area contributed by atoms with Crippen LogP contribution in [0, 0.1) is 5.92 Å². The lowest BCUT2D eigenvalue weighted by Gasteiger charge is -2.16. The van der Waals surface area contributed by atoms with Crippen molar-refractivity contribution < 1.29 is 14.3 Å². The molecule has 1 aliphatic heterocycles. The first-order chi connectivity index (χ1) is 14.2. The molecule has 1 atom stereocenters. The number of ether oxygens (including phenoxy) is 1. The second-order valence-corrected chi connectivity index (χ2v) is 8.15. The Morgan fingerprint density at radius 1 is 1.28 bits per heavy atom. The highest BCUT2D eigenvalue weighted by Crippen LogP contribution is 2.30. The summed E-state index contributed by atoms with van der Waals surface area (Å²) in [4.78, 5) is 26.5. The Balaban J connectivity index is 1.42. The van der Waals surface area contributed by atoms with Gasteiger partial charge in [0.2, 0.25) is 5.91 Å². The molecule has 0 saturated carbocycles. The maximum atomic E-state index is 12.7. The van der Waals surface area contributed by atoms with Gasteiger partial charge in [-0.3, -0.25) is 9.59 Å². The number of nitrogens with one attached hydrogen (secondary N) is 1. The summed E-state index contributed by atoms with van der Waals surface area (Å²) in [5.41, 5.74) is 3.01. The summed E-state index contributed by atoms with van der Waals surface area (Å²) in [6.07, 6.45) is 0.478. The van der Waals surface area contributed by atoms with E-state index in [0.717, 1.165) is 10.8 Å². The van der Waals surface area contributed by atoms with E-state index in [9.17, 15) is 9.59 Å². The summed E-state index contributed by atoms with van der Waals surface area (Å²) < 4.78 is 5.05. The van der Waals surface area contributed by atoms with E-state index >= 15 is 0 Å². The third-order valence-electron chi connectivity index (χ3n) is 5.39. The lowest BCUT2D eigenvalue weighted by Crippen LogP contribution is -2.32. The molecule has 2 heterocycles. The minimum Gasteiger partial charge on any atom is -0.383 e. The van der Waals surface area contributed by atoms with Crippen LogP contribution in [0.1, 0.15) is 16.8 Å². The first-order valence-corrected chi connectivity index (χ1v) is 10.7. The summed E-state index contributed by atoms with van der Waals surface area (Å²) >= 11 is 1.68. The van der Waals surface area contributed by atoms with Gasteiger partial charge in [-0.15, -0.1) is 0 Å². The van der Waals surface area contributed by atoms with E-state index in [1.165, 1.54) is 11.1 Å². The molecule has 150 valence electrons. The van der Waals surface area contributed by atoms with Crippen molar-refractivity contribution in [1.82, 2.24) is 10.2 Å². The number of benzene rings is 2. The van der Waals surface area contributed by atoms with Crippen molar-refractivity contribution >= 4 is 33.9 Å². The molecule has 0 spiro atoms. The van der Waals surface area contributed by atoms with Crippen molar-refractivity contribution in [2.45, 2.75) is 6.42 Å². The van der Waals surface area contributed by atoms with Gasteiger partial charge in [0.15, 0.2) is 0 Å². The highest BCUT2D eigenvalue weighted by molar-refractivity contribution is 7.08. The number of hydrogen-bond acceptors (Lipinski definition) is 4. The average Bonchev–Trinajstić information content (AvgIpc) is 3.39. The van der Waals surface area contributed by atoms with Gasteiger partial charge >= 0.3 is 0 Å². The predicted octanol–water partition coefficient (Wildman–Crippen LogP) is 3.79. The SMILES string of the molecule is COCCN1CC(CNC(=O)c2ccc3c(-c4ccsc4)cccc3c2)CC1=O. The molecule has 0 aliphatic carbocycles. The van der Waals surface area contributed by atoms with Crippen LogP contribution in [0.3, 0.4) is 0 Å². The van der Waals surface area contributed by atoms with Crippen LogP contribution in [0.15, 0.2) is 53.2 Å². The van der Waals surface area contributed by atoms with E-state index < -0.39 is 0 Å². The lowest BCUT2D eigenvalue weighted by atomic mass is 9.98. The van der Waals surface area contributed by atoms with E-state index in [0.29, 0.717) is 38.2 Å². The number of thiophene rings is 1. The molecule has 1 N–H and O–H groups in total. The summed E-state index contributed by atoms with van der Waals surface area (Å²) in [5.74, 6) is 0.178. The first-order valence-electron chi connectivity index (χ1n) is 9.76. The van der Waals surface area contributed by atoms with E-state index in [1.54, 1.807) is 18.4 Å². The fourth-order valence-corrected chi connectivity index (χ4v) is 4.50.